The molecule has 24 heavy (non-hydrogen) atoms. The highest BCUT2D eigenvalue weighted by molar-refractivity contribution is 9.10. The Labute approximate surface area is 150 Å². The van der Waals surface area contributed by atoms with Crippen molar-refractivity contribution in [2.24, 2.45) is 0 Å². The number of fused-ring (bicyclic) bond motifs is 1. The van der Waals surface area contributed by atoms with Gasteiger partial charge in [-0.1, -0.05) is 0 Å². The van der Waals surface area contributed by atoms with Crippen LogP contribution in [0.25, 0.3) is 10.9 Å². The van der Waals surface area contributed by atoms with E-state index in [1.165, 1.54) is 6.07 Å². The highest BCUT2D eigenvalue weighted by Gasteiger charge is 2.42. The van der Waals surface area contributed by atoms with Gasteiger partial charge in [0.25, 0.3) is 0 Å². The lowest BCUT2D eigenvalue weighted by atomic mass is 9.95. The van der Waals surface area contributed by atoms with Gasteiger partial charge in [0.15, 0.2) is 5.82 Å². The van der Waals surface area contributed by atoms with Crippen LogP contribution in [0, 0.1) is 11.6 Å². The molecule has 2 aromatic rings. The second-order valence-corrected chi connectivity index (χ2v) is 7.09. The Kier molecular flexibility index (Phi) is 4.11. The summed E-state index contributed by atoms with van der Waals surface area (Å²) in [6, 6.07) is 1.22. The molecule has 2 fully saturated rings. The summed E-state index contributed by atoms with van der Waals surface area (Å²) in [6.07, 6.45) is 0.870. The minimum atomic E-state index is -0.795. The maximum atomic E-state index is 14.4. The molecule has 0 saturated carbocycles. The van der Waals surface area contributed by atoms with Crippen molar-refractivity contribution in [2.45, 2.75) is 12.0 Å². The van der Waals surface area contributed by atoms with Crippen molar-refractivity contribution >= 4 is 44.3 Å². The van der Waals surface area contributed by atoms with Crippen molar-refractivity contribution in [1.82, 2.24) is 9.97 Å². The third-order valence-electron chi connectivity index (χ3n) is 4.39. The van der Waals surface area contributed by atoms with Crippen LogP contribution in [-0.2, 0) is 9.47 Å². The number of hydrogen-bond donors (Lipinski definition) is 0. The molecule has 2 aliphatic rings. The quantitative estimate of drug-likeness (QED) is 0.523. The van der Waals surface area contributed by atoms with E-state index in [1.807, 2.05) is 4.90 Å². The molecule has 0 bridgehead atoms. The Bertz CT molecular complexity index is 819. The second-order valence-electron chi connectivity index (χ2n) is 5.95. The minimum Gasteiger partial charge on any atom is -0.377 e. The van der Waals surface area contributed by atoms with E-state index in [4.69, 9.17) is 21.1 Å². The number of nitrogens with zero attached hydrogens (tertiary/aromatic N) is 3. The highest BCUT2D eigenvalue weighted by Crippen LogP contribution is 2.36. The van der Waals surface area contributed by atoms with Crippen LogP contribution >= 0.6 is 27.5 Å². The monoisotopic (exact) mass is 419 g/mol. The van der Waals surface area contributed by atoms with E-state index in [0.717, 1.165) is 6.42 Å². The molecule has 4 rings (SSSR count). The third-order valence-corrected chi connectivity index (χ3v) is 5.29. The summed E-state index contributed by atoms with van der Waals surface area (Å²) >= 11 is 8.87. The number of anilines is 1. The summed E-state index contributed by atoms with van der Waals surface area (Å²) < 4.78 is 39.5. The molecule has 1 unspecified atom stereocenters. The van der Waals surface area contributed by atoms with Gasteiger partial charge in [0.2, 0.25) is 5.28 Å². The van der Waals surface area contributed by atoms with Gasteiger partial charge in [-0.15, -0.1) is 0 Å². The first-order chi connectivity index (χ1) is 11.5. The SMILES string of the molecule is Fc1cc2c(N3CCOCC4(CCO4)C3)nc(Cl)nc2c(F)c1Br. The molecule has 2 saturated heterocycles. The van der Waals surface area contributed by atoms with Gasteiger partial charge in [0.1, 0.15) is 22.8 Å². The van der Waals surface area contributed by atoms with Crippen molar-refractivity contribution in [1.29, 1.82) is 0 Å². The van der Waals surface area contributed by atoms with Crippen molar-refractivity contribution < 1.29 is 18.3 Å². The molecular formula is C15H13BrClF2N3O2. The van der Waals surface area contributed by atoms with Crippen LogP contribution in [0.3, 0.4) is 0 Å². The van der Waals surface area contributed by atoms with Crippen LogP contribution in [0.2, 0.25) is 5.28 Å². The topological polar surface area (TPSA) is 47.5 Å². The van der Waals surface area contributed by atoms with E-state index in [0.29, 0.717) is 38.7 Å². The van der Waals surface area contributed by atoms with E-state index < -0.39 is 17.2 Å². The van der Waals surface area contributed by atoms with Gasteiger partial charge in [-0.3, -0.25) is 0 Å². The zero-order chi connectivity index (χ0) is 16.9. The molecular weight excluding hydrogens is 408 g/mol. The average molecular weight is 421 g/mol. The number of hydrogen-bond acceptors (Lipinski definition) is 5. The van der Waals surface area contributed by atoms with Crippen LogP contribution < -0.4 is 4.90 Å². The Morgan fingerprint density at radius 2 is 2.08 bits per heavy atom. The standard InChI is InChI=1S/C15H13BrClF2N3O2/c16-10-9(18)5-8-12(11(10)19)20-14(17)21-13(8)22-2-4-23-7-15(6-22)1-3-24-15/h5H,1-4,6-7H2. The van der Waals surface area contributed by atoms with Crippen LogP contribution in [0.4, 0.5) is 14.6 Å². The molecule has 1 aromatic heterocycles. The highest BCUT2D eigenvalue weighted by atomic mass is 79.9. The average Bonchev–Trinajstić information content (AvgIpc) is 2.76. The Hall–Kier alpha value is -1.09. The molecule has 1 atom stereocenters. The summed E-state index contributed by atoms with van der Waals surface area (Å²) in [5.41, 5.74) is -0.417. The molecule has 0 aliphatic carbocycles. The molecule has 0 amide bonds. The van der Waals surface area contributed by atoms with Gasteiger partial charge >= 0.3 is 0 Å². The van der Waals surface area contributed by atoms with Gasteiger partial charge in [-0.25, -0.2) is 13.8 Å². The van der Waals surface area contributed by atoms with E-state index in [-0.39, 0.29) is 20.7 Å². The first-order valence-corrected chi connectivity index (χ1v) is 8.64. The number of aromatic nitrogens is 2. The summed E-state index contributed by atoms with van der Waals surface area (Å²) in [4.78, 5) is 10.0. The predicted octanol–water partition coefficient (Wildman–Crippen LogP) is 3.32. The fourth-order valence-electron chi connectivity index (χ4n) is 3.09. The number of halogens is 4. The lowest BCUT2D eigenvalue weighted by Gasteiger charge is -2.42. The summed E-state index contributed by atoms with van der Waals surface area (Å²) in [7, 11) is 0. The lowest BCUT2D eigenvalue weighted by Crippen LogP contribution is -2.54. The molecule has 0 radical (unpaired) electrons. The van der Waals surface area contributed by atoms with E-state index in [9.17, 15) is 8.78 Å². The van der Waals surface area contributed by atoms with Crippen molar-refractivity contribution in [3.63, 3.8) is 0 Å². The molecule has 0 N–H and O–H groups in total. The normalized spacial score (nSPS) is 24.2. The van der Waals surface area contributed by atoms with Crippen LogP contribution in [0.5, 0.6) is 0 Å². The first-order valence-electron chi connectivity index (χ1n) is 7.46. The molecule has 1 spiro atoms. The minimum absolute atomic E-state index is 0.0213. The predicted molar refractivity (Wildman–Crippen MR) is 88.5 cm³/mol. The van der Waals surface area contributed by atoms with E-state index >= 15 is 0 Å². The Morgan fingerprint density at radius 1 is 1.29 bits per heavy atom. The maximum Gasteiger partial charge on any atom is 0.225 e. The largest absolute Gasteiger partial charge is 0.377 e. The zero-order valence-corrected chi connectivity index (χ0v) is 14.8. The van der Waals surface area contributed by atoms with Crippen molar-refractivity contribution in [3.05, 3.63) is 27.5 Å². The molecule has 3 heterocycles. The fourth-order valence-corrected chi connectivity index (χ4v) is 3.55. The summed E-state index contributed by atoms with van der Waals surface area (Å²) in [5, 5.41) is 0.178. The molecule has 2 aliphatic heterocycles. The molecule has 5 nitrogen and oxygen atoms in total. The molecule has 1 aromatic carbocycles. The van der Waals surface area contributed by atoms with Crippen LogP contribution in [-0.4, -0.2) is 48.5 Å². The molecule has 128 valence electrons. The fraction of sp³-hybridized carbons (Fsp3) is 0.467. The van der Waals surface area contributed by atoms with Gasteiger partial charge in [0.05, 0.1) is 30.8 Å². The van der Waals surface area contributed by atoms with Gasteiger partial charge < -0.3 is 14.4 Å². The van der Waals surface area contributed by atoms with Gasteiger partial charge in [-0.2, -0.15) is 4.98 Å². The zero-order valence-electron chi connectivity index (χ0n) is 12.5. The van der Waals surface area contributed by atoms with E-state index in [2.05, 4.69) is 25.9 Å². The van der Waals surface area contributed by atoms with E-state index in [1.54, 1.807) is 0 Å². The van der Waals surface area contributed by atoms with Crippen LogP contribution in [0.15, 0.2) is 10.5 Å². The first kappa shape index (κ1) is 16.4. The van der Waals surface area contributed by atoms with Gasteiger partial charge in [0, 0.05) is 18.4 Å². The number of ether oxygens (including phenoxy) is 2. The Morgan fingerprint density at radius 3 is 2.79 bits per heavy atom. The maximum absolute atomic E-state index is 14.4. The molecule has 9 heteroatoms. The van der Waals surface area contributed by atoms with Crippen molar-refractivity contribution in [2.75, 3.05) is 37.8 Å². The smallest absolute Gasteiger partial charge is 0.225 e. The number of rotatable bonds is 1. The third kappa shape index (κ3) is 2.65. The Balaban J connectivity index is 1.86. The summed E-state index contributed by atoms with van der Waals surface area (Å²) in [6.45, 7) is 2.69. The van der Waals surface area contributed by atoms with Gasteiger partial charge in [-0.05, 0) is 33.6 Å². The number of benzene rings is 1. The van der Waals surface area contributed by atoms with Crippen LogP contribution in [0.1, 0.15) is 6.42 Å². The second kappa shape index (κ2) is 6.01. The van der Waals surface area contributed by atoms with Crippen molar-refractivity contribution in [3.8, 4) is 0 Å². The lowest BCUT2D eigenvalue weighted by molar-refractivity contribution is -0.167. The summed E-state index contributed by atoms with van der Waals surface area (Å²) in [5.74, 6) is -1.13.